The number of rotatable bonds is 2. The average Bonchev–Trinajstić information content (AvgIpc) is 2.71. The van der Waals surface area contributed by atoms with E-state index in [0.717, 1.165) is 5.56 Å². The van der Waals surface area contributed by atoms with Crippen LogP contribution >= 0.6 is 0 Å². The molecule has 2 aromatic carbocycles. The molecule has 0 amide bonds. The summed E-state index contributed by atoms with van der Waals surface area (Å²) in [4.78, 5) is 4.29. The zero-order valence-corrected chi connectivity index (χ0v) is 19.2. The number of hydrogen-bond donors (Lipinski definition) is 0. The van der Waals surface area contributed by atoms with E-state index < -0.39 is 0 Å². The number of hydrogen-bond acceptors (Lipinski definition) is 1. The fourth-order valence-corrected chi connectivity index (χ4v) is 4.15. The van der Waals surface area contributed by atoms with E-state index in [1.54, 1.807) is 0 Å². The Bertz CT molecular complexity index is 1250. The van der Waals surface area contributed by atoms with Gasteiger partial charge in [0.25, 0.3) is 0 Å². The molecule has 152 valence electrons. The van der Waals surface area contributed by atoms with Crippen molar-refractivity contribution >= 4 is 10.8 Å². The Morgan fingerprint density at radius 1 is 0.867 bits per heavy atom. The smallest absolute Gasteiger partial charge is 0.220 e. The molecule has 4 aromatic rings. The van der Waals surface area contributed by atoms with E-state index in [9.17, 15) is 0 Å². The molecule has 2 nitrogen and oxygen atoms in total. The Kier molecular flexibility index (Phi) is 4.97. The first-order valence-electron chi connectivity index (χ1n) is 10.6. The molecule has 4 rings (SSSR count). The van der Waals surface area contributed by atoms with Gasteiger partial charge in [-0.25, -0.2) is 0 Å². The molecule has 0 radical (unpaired) electrons. The summed E-state index contributed by atoms with van der Waals surface area (Å²) in [6, 6.07) is 17.9. The summed E-state index contributed by atoms with van der Waals surface area (Å²) in [6.45, 7) is 13.5. The molecular weight excluding hydrogens is 364 g/mol. The van der Waals surface area contributed by atoms with E-state index >= 15 is 0 Å². The lowest BCUT2D eigenvalue weighted by molar-refractivity contribution is -0.665. The molecule has 0 saturated carbocycles. The standard InChI is InChI=1S/C28H31N2/c1-18-13-24(28(4,5)6)16-26(20(18)3)27-25-11-10-21(22-9-8-12-29-17-22)15-23(25)14-19(2)30(27)7/h8-17H,1-7H3/q+1. The molecule has 0 saturated heterocycles. The largest absolute Gasteiger partial charge is 0.264 e. The van der Waals surface area contributed by atoms with Gasteiger partial charge in [0, 0.05) is 30.9 Å². The third kappa shape index (κ3) is 3.52. The van der Waals surface area contributed by atoms with Gasteiger partial charge in [0.2, 0.25) is 5.69 Å². The second kappa shape index (κ2) is 7.36. The van der Waals surface area contributed by atoms with Gasteiger partial charge in [0.15, 0.2) is 5.69 Å². The number of fused-ring (bicyclic) bond motifs is 1. The van der Waals surface area contributed by atoms with Gasteiger partial charge >= 0.3 is 0 Å². The summed E-state index contributed by atoms with van der Waals surface area (Å²) in [5.41, 5.74) is 10.4. The van der Waals surface area contributed by atoms with E-state index in [2.05, 4.69) is 101 Å². The number of aryl methyl sites for hydroxylation is 2. The maximum atomic E-state index is 4.29. The van der Waals surface area contributed by atoms with Crippen molar-refractivity contribution in [3.05, 3.63) is 83.3 Å². The Morgan fingerprint density at radius 2 is 1.63 bits per heavy atom. The van der Waals surface area contributed by atoms with Crippen LogP contribution in [0.1, 0.15) is 43.2 Å². The number of benzene rings is 2. The molecule has 0 aliphatic carbocycles. The Hall–Kier alpha value is -3.00. The monoisotopic (exact) mass is 395 g/mol. The average molecular weight is 396 g/mol. The van der Waals surface area contributed by atoms with Crippen LogP contribution in [0.4, 0.5) is 0 Å². The van der Waals surface area contributed by atoms with Crippen molar-refractivity contribution in [2.75, 3.05) is 0 Å². The predicted octanol–water partition coefficient (Wildman–Crippen LogP) is 6.62. The lowest BCUT2D eigenvalue weighted by Crippen LogP contribution is -2.35. The third-order valence-electron chi connectivity index (χ3n) is 6.32. The van der Waals surface area contributed by atoms with Crippen molar-refractivity contribution in [1.82, 2.24) is 4.98 Å². The van der Waals surface area contributed by atoms with Gasteiger partial charge < -0.3 is 0 Å². The second-order valence-corrected chi connectivity index (χ2v) is 9.45. The first kappa shape index (κ1) is 20.3. The molecule has 0 fully saturated rings. The molecule has 0 spiro atoms. The maximum absolute atomic E-state index is 4.29. The summed E-state index contributed by atoms with van der Waals surface area (Å²) < 4.78 is 2.33. The van der Waals surface area contributed by atoms with E-state index in [1.807, 2.05) is 18.5 Å². The Morgan fingerprint density at radius 3 is 2.30 bits per heavy atom. The first-order valence-corrected chi connectivity index (χ1v) is 10.6. The van der Waals surface area contributed by atoms with Gasteiger partial charge in [-0.2, -0.15) is 4.57 Å². The minimum atomic E-state index is 0.110. The van der Waals surface area contributed by atoms with Crippen molar-refractivity contribution in [3.8, 4) is 22.4 Å². The van der Waals surface area contributed by atoms with E-state index in [1.165, 1.54) is 50.0 Å². The maximum Gasteiger partial charge on any atom is 0.220 e. The van der Waals surface area contributed by atoms with E-state index in [-0.39, 0.29) is 5.41 Å². The molecule has 0 bridgehead atoms. The van der Waals surface area contributed by atoms with Crippen LogP contribution in [0.5, 0.6) is 0 Å². The van der Waals surface area contributed by atoms with Crippen molar-refractivity contribution in [3.63, 3.8) is 0 Å². The van der Waals surface area contributed by atoms with Crippen molar-refractivity contribution < 1.29 is 4.57 Å². The quantitative estimate of drug-likeness (QED) is 0.349. The van der Waals surface area contributed by atoms with Crippen LogP contribution in [-0.4, -0.2) is 4.98 Å². The molecule has 0 atom stereocenters. The van der Waals surface area contributed by atoms with Gasteiger partial charge in [0.1, 0.15) is 7.05 Å². The zero-order chi connectivity index (χ0) is 21.6. The SMILES string of the molecule is Cc1cc(C(C)(C)C)cc(-c2c3ccc(-c4cccnc4)cc3cc(C)[n+]2C)c1C. The normalized spacial score (nSPS) is 11.8. The van der Waals surface area contributed by atoms with Crippen LogP contribution in [-0.2, 0) is 12.5 Å². The predicted molar refractivity (Wildman–Crippen MR) is 127 cm³/mol. The summed E-state index contributed by atoms with van der Waals surface area (Å²) in [5, 5.41) is 2.55. The lowest BCUT2D eigenvalue weighted by Gasteiger charge is -2.22. The summed E-state index contributed by atoms with van der Waals surface area (Å²) in [6.07, 6.45) is 3.75. The highest BCUT2D eigenvalue weighted by atomic mass is 14.9. The van der Waals surface area contributed by atoms with Crippen LogP contribution < -0.4 is 4.57 Å². The topological polar surface area (TPSA) is 16.8 Å². The van der Waals surface area contributed by atoms with Crippen LogP contribution in [0.2, 0.25) is 0 Å². The third-order valence-corrected chi connectivity index (χ3v) is 6.32. The Balaban J connectivity index is 2.02. The minimum Gasteiger partial charge on any atom is -0.264 e. The highest BCUT2D eigenvalue weighted by Gasteiger charge is 2.24. The molecule has 0 N–H and O–H groups in total. The van der Waals surface area contributed by atoms with Gasteiger partial charge in [-0.05, 0) is 71.2 Å². The highest BCUT2D eigenvalue weighted by molar-refractivity contribution is 5.96. The molecule has 2 heteroatoms. The van der Waals surface area contributed by atoms with Crippen molar-refractivity contribution in [2.45, 2.75) is 47.0 Å². The molecule has 2 aromatic heterocycles. The summed E-state index contributed by atoms with van der Waals surface area (Å²) in [5.74, 6) is 0. The molecule has 30 heavy (non-hydrogen) atoms. The Labute approximate surface area is 180 Å². The van der Waals surface area contributed by atoms with Crippen LogP contribution in [0, 0.1) is 20.8 Å². The zero-order valence-electron chi connectivity index (χ0n) is 19.2. The van der Waals surface area contributed by atoms with Crippen molar-refractivity contribution in [1.29, 1.82) is 0 Å². The van der Waals surface area contributed by atoms with Crippen molar-refractivity contribution in [2.24, 2.45) is 7.05 Å². The van der Waals surface area contributed by atoms with Gasteiger partial charge in [-0.15, -0.1) is 0 Å². The molecular formula is C28H31N2+. The molecule has 0 aliphatic heterocycles. The van der Waals surface area contributed by atoms with E-state index in [0.29, 0.717) is 0 Å². The number of pyridine rings is 2. The van der Waals surface area contributed by atoms with Crippen LogP contribution in [0.25, 0.3) is 33.2 Å². The van der Waals surface area contributed by atoms with Gasteiger partial charge in [0.05, 0.1) is 10.9 Å². The minimum absolute atomic E-state index is 0.110. The summed E-state index contributed by atoms with van der Waals surface area (Å²) in [7, 11) is 2.18. The molecule has 2 heterocycles. The fraction of sp³-hybridized carbons (Fsp3) is 0.286. The number of aromatic nitrogens is 2. The summed E-state index contributed by atoms with van der Waals surface area (Å²) >= 11 is 0. The van der Waals surface area contributed by atoms with Crippen LogP contribution in [0.3, 0.4) is 0 Å². The van der Waals surface area contributed by atoms with E-state index in [4.69, 9.17) is 0 Å². The highest BCUT2D eigenvalue weighted by Crippen LogP contribution is 2.35. The fourth-order valence-electron chi connectivity index (χ4n) is 4.15. The molecule has 0 unspecified atom stereocenters. The second-order valence-electron chi connectivity index (χ2n) is 9.45. The molecule has 0 aliphatic rings. The van der Waals surface area contributed by atoms with Crippen LogP contribution in [0.15, 0.2) is 60.9 Å². The van der Waals surface area contributed by atoms with Gasteiger partial charge in [-0.3, -0.25) is 4.98 Å². The lowest BCUT2D eigenvalue weighted by atomic mass is 9.82. The first-order chi connectivity index (χ1) is 14.2. The van der Waals surface area contributed by atoms with Gasteiger partial charge in [-0.1, -0.05) is 39.0 Å². The number of nitrogens with zero attached hydrogens (tertiary/aromatic N) is 2.